The fourth-order valence-electron chi connectivity index (χ4n) is 2.20. The van der Waals surface area contributed by atoms with Crippen LogP contribution in [0.4, 0.5) is 5.13 Å². The molecule has 1 unspecified atom stereocenters. The lowest BCUT2D eigenvalue weighted by molar-refractivity contribution is 0.00388. The third-order valence-electron chi connectivity index (χ3n) is 2.92. The number of rotatable bonds is 5. The van der Waals surface area contributed by atoms with Gasteiger partial charge in [0, 0.05) is 30.8 Å². The zero-order valence-electron chi connectivity index (χ0n) is 10.2. The summed E-state index contributed by atoms with van der Waals surface area (Å²) in [4.78, 5) is 7.85. The Labute approximate surface area is 106 Å². The summed E-state index contributed by atoms with van der Waals surface area (Å²) in [5.74, 6) is 5.32. The molecule has 0 spiro atoms. The number of hydrogen-bond donors (Lipinski definition) is 2. The zero-order chi connectivity index (χ0) is 12.1. The number of thiazole rings is 1. The fourth-order valence-corrected chi connectivity index (χ4v) is 2.96. The highest BCUT2D eigenvalue weighted by Crippen LogP contribution is 2.21. The van der Waals surface area contributed by atoms with Crippen molar-refractivity contribution in [1.29, 1.82) is 0 Å². The number of anilines is 1. The second-order valence-electron chi connectivity index (χ2n) is 4.23. The molecule has 1 aliphatic rings. The van der Waals surface area contributed by atoms with Crippen LogP contribution in [-0.2, 0) is 11.3 Å². The van der Waals surface area contributed by atoms with Gasteiger partial charge in [-0.2, -0.15) is 0 Å². The molecule has 5 nitrogen and oxygen atoms in total. The lowest BCUT2D eigenvalue weighted by Crippen LogP contribution is -2.39. The molecule has 0 amide bonds. The van der Waals surface area contributed by atoms with E-state index in [0.29, 0.717) is 6.10 Å². The Hall–Kier alpha value is -0.690. The minimum atomic E-state index is 0.397. The largest absolute Gasteiger partial charge is 0.377 e. The van der Waals surface area contributed by atoms with Crippen LogP contribution >= 0.6 is 11.3 Å². The summed E-state index contributed by atoms with van der Waals surface area (Å²) in [6.45, 7) is 5.98. The lowest BCUT2D eigenvalue weighted by atomic mass is 10.1. The van der Waals surface area contributed by atoms with Crippen LogP contribution in [0.3, 0.4) is 0 Å². The van der Waals surface area contributed by atoms with Crippen molar-refractivity contribution in [2.24, 2.45) is 5.84 Å². The molecule has 0 bridgehead atoms. The molecule has 96 valence electrons. The Kier molecular flexibility index (Phi) is 4.73. The predicted octanol–water partition coefficient (Wildman–Crippen LogP) is 1.43. The Bertz CT molecular complexity index is 342. The van der Waals surface area contributed by atoms with Crippen LogP contribution in [-0.4, -0.2) is 35.7 Å². The molecular weight excluding hydrogens is 236 g/mol. The average molecular weight is 256 g/mol. The monoisotopic (exact) mass is 256 g/mol. The van der Waals surface area contributed by atoms with Gasteiger partial charge in [-0.1, -0.05) is 11.3 Å². The van der Waals surface area contributed by atoms with Crippen molar-refractivity contribution >= 4 is 16.5 Å². The van der Waals surface area contributed by atoms with Crippen molar-refractivity contribution in [3.63, 3.8) is 0 Å². The molecular formula is C11H20N4OS. The number of ether oxygens (including phenoxy) is 1. The minimum Gasteiger partial charge on any atom is -0.377 e. The van der Waals surface area contributed by atoms with Crippen LogP contribution in [0.1, 0.15) is 24.6 Å². The van der Waals surface area contributed by atoms with E-state index in [1.165, 1.54) is 17.7 Å². The Morgan fingerprint density at radius 2 is 2.59 bits per heavy atom. The van der Waals surface area contributed by atoms with Crippen LogP contribution in [0.2, 0.25) is 0 Å². The van der Waals surface area contributed by atoms with Gasteiger partial charge in [0.1, 0.15) is 0 Å². The maximum Gasteiger partial charge on any atom is 0.197 e. The summed E-state index contributed by atoms with van der Waals surface area (Å²) in [6.07, 6.45) is 4.69. The third-order valence-corrected chi connectivity index (χ3v) is 3.83. The van der Waals surface area contributed by atoms with E-state index in [1.807, 2.05) is 6.20 Å². The van der Waals surface area contributed by atoms with Crippen LogP contribution in [0, 0.1) is 0 Å². The third kappa shape index (κ3) is 3.64. The molecule has 1 aliphatic heterocycles. The maximum absolute atomic E-state index is 5.69. The first-order valence-corrected chi connectivity index (χ1v) is 6.88. The molecule has 2 heterocycles. The predicted molar refractivity (Wildman–Crippen MR) is 69.8 cm³/mol. The van der Waals surface area contributed by atoms with Gasteiger partial charge in [0.15, 0.2) is 5.13 Å². The maximum atomic E-state index is 5.69. The van der Waals surface area contributed by atoms with E-state index in [0.717, 1.165) is 31.4 Å². The zero-order valence-corrected chi connectivity index (χ0v) is 11.0. The summed E-state index contributed by atoms with van der Waals surface area (Å²) in [5, 5.41) is 0.776. The summed E-state index contributed by atoms with van der Waals surface area (Å²) in [6, 6.07) is 0. The van der Waals surface area contributed by atoms with Crippen LogP contribution in [0.25, 0.3) is 0 Å². The van der Waals surface area contributed by atoms with E-state index in [1.54, 1.807) is 11.3 Å². The summed E-state index contributed by atoms with van der Waals surface area (Å²) >= 11 is 1.61. The highest BCUT2D eigenvalue weighted by molar-refractivity contribution is 7.15. The number of hydrazine groups is 1. The van der Waals surface area contributed by atoms with Gasteiger partial charge in [-0.05, 0) is 26.3 Å². The van der Waals surface area contributed by atoms with Gasteiger partial charge in [0.25, 0.3) is 0 Å². The van der Waals surface area contributed by atoms with Gasteiger partial charge in [0.2, 0.25) is 0 Å². The van der Waals surface area contributed by atoms with Crippen molar-refractivity contribution < 1.29 is 4.74 Å². The average Bonchev–Trinajstić information content (AvgIpc) is 2.78. The quantitative estimate of drug-likeness (QED) is 0.616. The van der Waals surface area contributed by atoms with Gasteiger partial charge in [-0.15, -0.1) is 0 Å². The summed E-state index contributed by atoms with van der Waals surface area (Å²) in [5.41, 5.74) is 2.58. The Morgan fingerprint density at radius 1 is 1.71 bits per heavy atom. The van der Waals surface area contributed by atoms with E-state index in [-0.39, 0.29) is 0 Å². The first kappa shape index (κ1) is 12.8. The molecule has 0 saturated carbocycles. The van der Waals surface area contributed by atoms with Gasteiger partial charge >= 0.3 is 0 Å². The Balaban J connectivity index is 1.85. The second-order valence-corrected chi connectivity index (χ2v) is 5.35. The molecule has 1 saturated heterocycles. The summed E-state index contributed by atoms with van der Waals surface area (Å²) < 4.78 is 5.69. The van der Waals surface area contributed by atoms with E-state index in [2.05, 4.69) is 22.2 Å². The topological polar surface area (TPSA) is 63.4 Å². The summed E-state index contributed by atoms with van der Waals surface area (Å²) in [7, 11) is 0. The number of nitrogen functional groups attached to an aromatic ring is 1. The van der Waals surface area contributed by atoms with Gasteiger partial charge in [0.05, 0.1) is 6.10 Å². The molecule has 0 aliphatic carbocycles. The standard InChI is InChI=1S/C11H20N4OS/c1-2-16-9-4-3-5-15(7-9)8-10-6-13-11(14-12)17-10/h6,9H,2-5,7-8,12H2,1H3,(H,13,14). The number of nitrogens with one attached hydrogen (secondary N) is 1. The van der Waals surface area contributed by atoms with E-state index >= 15 is 0 Å². The highest BCUT2D eigenvalue weighted by Gasteiger charge is 2.20. The molecule has 0 aromatic carbocycles. The smallest absolute Gasteiger partial charge is 0.197 e. The van der Waals surface area contributed by atoms with Crippen LogP contribution in [0.15, 0.2) is 6.20 Å². The number of nitrogens with zero attached hydrogens (tertiary/aromatic N) is 2. The number of hydrogen-bond acceptors (Lipinski definition) is 6. The molecule has 2 rings (SSSR count). The molecule has 3 N–H and O–H groups in total. The van der Waals surface area contributed by atoms with Gasteiger partial charge < -0.3 is 4.74 Å². The van der Waals surface area contributed by atoms with Gasteiger partial charge in [-0.3, -0.25) is 10.3 Å². The fraction of sp³-hybridized carbons (Fsp3) is 0.727. The first-order valence-electron chi connectivity index (χ1n) is 6.07. The van der Waals surface area contributed by atoms with E-state index < -0.39 is 0 Å². The molecule has 17 heavy (non-hydrogen) atoms. The Morgan fingerprint density at radius 3 is 3.29 bits per heavy atom. The van der Waals surface area contributed by atoms with E-state index in [9.17, 15) is 0 Å². The lowest BCUT2D eigenvalue weighted by Gasteiger charge is -2.31. The molecule has 1 aromatic heterocycles. The second kappa shape index (κ2) is 6.30. The SMILES string of the molecule is CCOC1CCCN(Cc2cnc(NN)s2)C1. The molecule has 6 heteroatoms. The van der Waals surface area contributed by atoms with Crippen molar-refractivity contribution in [1.82, 2.24) is 9.88 Å². The molecule has 1 fully saturated rings. The van der Waals surface area contributed by atoms with Crippen molar-refractivity contribution in [2.45, 2.75) is 32.4 Å². The number of aromatic nitrogens is 1. The van der Waals surface area contributed by atoms with E-state index in [4.69, 9.17) is 10.6 Å². The van der Waals surface area contributed by atoms with Crippen LogP contribution < -0.4 is 11.3 Å². The van der Waals surface area contributed by atoms with Crippen molar-refractivity contribution in [3.05, 3.63) is 11.1 Å². The molecule has 1 aromatic rings. The number of likely N-dealkylation sites (tertiary alicyclic amines) is 1. The minimum absolute atomic E-state index is 0.397. The number of piperidine rings is 1. The highest BCUT2D eigenvalue weighted by atomic mass is 32.1. The van der Waals surface area contributed by atoms with Gasteiger partial charge in [-0.25, -0.2) is 10.8 Å². The van der Waals surface area contributed by atoms with Crippen molar-refractivity contribution in [2.75, 3.05) is 25.1 Å². The molecule has 1 atom stereocenters. The first-order chi connectivity index (χ1) is 8.31. The number of nitrogens with two attached hydrogens (primary N) is 1. The van der Waals surface area contributed by atoms with Crippen molar-refractivity contribution in [3.8, 4) is 0 Å². The molecule has 0 radical (unpaired) electrons. The normalized spacial score (nSPS) is 21.6. The van der Waals surface area contributed by atoms with Crippen LogP contribution in [0.5, 0.6) is 0 Å².